The van der Waals surface area contributed by atoms with Crippen LogP contribution in [-0.2, 0) is 6.54 Å². The molecule has 0 bridgehead atoms. The Morgan fingerprint density at radius 3 is 3.00 bits per heavy atom. The van der Waals surface area contributed by atoms with Crippen molar-refractivity contribution in [1.29, 1.82) is 0 Å². The maximum absolute atomic E-state index is 13.1. The first kappa shape index (κ1) is 13.6. The predicted molar refractivity (Wildman–Crippen MR) is 72.3 cm³/mol. The first-order valence-electron chi connectivity index (χ1n) is 5.81. The van der Waals surface area contributed by atoms with Gasteiger partial charge in [-0.3, -0.25) is 4.79 Å². The van der Waals surface area contributed by atoms with E-state index in [2.05, 4.69) is 10.3 Å². The fraction of sp³-hybridized carbons (Fsp3) is 0.231. The number of nitrogens with one attached hydrogen (secondary N) is 1. The Bertz CT molecular complexity index is 585. The molecule has 2 rings (SSSR count). The van der Waals surface area contributed by atoms with Gasteiger partial charge >= 0.3 is 0 Å². The topological polar surface area (TPSA) is 68.0 Å². The second-order valence-corrected chi connectivity index (χ2v) is 5.02. The molecule has 3 N–H and O–H groups in total. The van der Waals surface area contributed by atoms with Crippen molar-refractivity contribution >= 4 is 17.2 Å². The summed E-state index contributed by atoms with van der Waals surface area (Å²) in [5, 5.41) is 5.15. The van der Waals surface area contributed by atoms with Gasteiger partial charge in [0, 0.05) is 11.9 Å². The normalized spacial score (nSPS) is 12.2. The molecule has 6 heteroatoms. The molecule has 0 radical (unpaired) electrons. The summed E-state index contributed by atoms with van der Waals surface area (Å²) in [4.78, 5) is 16.0. The van der Waals surface area contributed by atoms with Crippen LogP contribution < -0.4 is 11.1 Å². The molecule has 1 aromatic heterocycles. The minimum absolute atomic E-state index is 0.285. The summed E-state index contributed by atoms with van der Waals surface area (Å²) in [6.45, 7) is 2.11. The van der Waals surface area contributed by atoms with Gasteiger partial charge in [-0.15, -0.1) is 11.3 Å². The van der Waals surface area contributed by atoms with Gasteiger partial charge in [-0.1, -0.05) is 12.1 Å². The largest absolute Gasteiger partial charge is 0.344 e. The molecule has 0 fully saturated rings. The summed E-state index contributed by atoms with van der Waals surface area (Å²) < 4.78 is 13.1. The number of halogens is 1. The van der Waals surface area contributed by atoms with Gasteiger partial charge in [0.25, 0.3) is 5.91 Å². The van der Waals surface area contributed by atoms with Crippen LogP contribution in [0.4, 0.5) is 4.39 Å². The minimum Gasteiger partial charge on any atom is -0.344 e. The van der Waals surface area contributed by atoms with Crippen LogP contribution in [0.2, 0.25) is 0 Å². The van der Waals surface area contributed by atoms with Gasteiger partial charge < -0.3 is 11.1 Å². The smallest absolute Gasteiger partial charge is 0.271 e. The molecule has 1 atom stereocenters. The maximum Gasteiger partial charge on any atom is 0.271 e. The summed E-state index contributed by atoms with van der Waals surface area (Å²) in [7, 11) is 0. The number of carbonyl (C=O) groups is 1. The van der Waals surface area contributed by atoms with Crippen molar-refractivity contribution in [3.63, 3.8) is 0 Å². The highest BCUT2D eigenvalue weighted by molar-refractivity contribution is 7.09. The molecule has 0 aliphatic heterocycles. The quantitative estimate of drug-likeness (QED) is 0.901. The molecule has 19 heavy (non-hydrogen) atoms. The Labute approximate surface area is 114 Å². The monoisotopic (exact) mass is 279 g/mol. The zero-order valence-corrected chi connectivity index (χ0v) is 11.2. The van der Waals surface area contributed by atoms with Crippen LogP contribution in [0, 0.1) is 5.82 Å². The van der Waals surface area contributed by atoms with Crippen LogP contribution in [-0.4, -0.2) is 10.9 Å². The SMILES string of the molecule is C[C@H](NC(=O)c1csc(CN)n1)c1cccc(F)c1. The van der Waals surface area contributed by atoms with Crippen molar-refractivity contribution in [2.24, 2.45) is 5.73 Å². The third kappa shape index (κ3) is 3.36. The molecule has 1 aromatic carbocycles. The highest BCUT2D eigenvalue weighted by Gasteiger charge is 2.14. The van der Waals surface area contributed by atoms with E-state index in [0.29, 0.717) is 22.8 Å². The number of nitrogens with two attached hydrogens (primary N) is 1. The molecule has 4 nitrogen and oxygen atoms in total. The zero-order chi connectivity index (χ0) is 13.8. The van der Waals surface area contributed by atoms with Crippen LogP contribution in [0.5, 0.6) is 0 Å². The standard InChI is InChI=1S/C13H14FN3OS/c1-8(9-3-2-4-10(14)5-9)16-13(18)11-7-19-12(6-15)17-11/h2-5,7-8H,6,15H2,1H3,(H,16,18)/t8-/m0/s1. The second kappa shape index (κ2) is 5.90. The molecule has 0 aliphatic rings. The number of carbonyl (C=O) groups excluding carboxylic acids is 1. The Hall–Kier alpha value is -1.79. The minimum atomic E-state index is -0.322. The van der Waals surface area contributed by atoms with E-state index >= 15 is 0 Å². The maximum atomic E-state index is 13.1. The number of aromatic nitrogens is 1. The summed E-state index contributed by atoms with van der Waals surface area (Å²) in [6.07, 6.45) is 0. The molecular weight excluding hydrogens is 265 g/mol. The fourth-order valence-electron chi connectivity index (χ4n) is 1.64. The van der Waals surface area contributed by atoms with E-state index in [9.17, 15) is 9.18 Å². The third-order valence-corrected chi connectivity index (χ3v) is 3.53. The van der Waals surface area contributed by atoms with Crippen molar-refractivity contribution in [3.8, 4) is 0 Å². The summed E-state index contributed by atoms with van der Waals surface area (Å²) >= 11 is 1.35. The molecule has 0 aliphatic carbocycles. The summed E-state index contributed by atoms with van der Waals surface area (Å²) in [5.74, 6) is -0.606. The lowest BCUT2D eigenvalue weighted by atomic mass is 10.1. The molecule has 0 spiro atoms. The predicted octanol–water partition coefficient (Wildman–Crippen LogP) is 2.23. The van der Waals surface area contributed by atoms with Gasteiger partial charge in [0.05, 0.1) is 6.04 Å². The van der Waals surface area contributed by atoms with Gasteiger partial charge in [0.2, 0.25) is 0 Å². The lowest BCUT2D eigenvalue weighted by Crippen LogP contribution is -2.27. The van der Waals surface area contributed by atoms with Crippen LogP contribution >= 0.6 is 11.3 Å². The van der Waals surface area contributed by atoms with Gasteiger partial charge in [0.15, 0.2) is 0 Å². The molecule has 2 aromatic rings. The average molecular weight is 279 g/mol. The summed E-state index contributed by atoms with van der Waals surface area (Å²) in [5.41, 5.74) is 6.50. The number of hydrogen-bond donors (Lipinski definition) is 2. The van der Waals surface area contributed by atoms with E-state index in [-0.39, 0.29) is 17.8 Å². The van der Waals surface area contributed by atoms with Crippen molar-refractivity contribution in [3.05, 3.63) is 51.7 Å². The van der Waals surface area contributed by atoms with Crippen molar-refractivity contribution in [2.75, 3.05) is 0 Å². The van der Waals surface area contributed by atoms with Gasteiger partial charge in [-0.25, -0.2) is 9.37 Å². The number of nitrogens with zero attached hydrogens (tertiary/aromatic N) is 1. The molecule has 0 saturated heterocycles. The first-order chi connectivity index (χ1) is 9.10. The first-order valence-corrected chi connectivity index (χ1v) is 6.69. The van der Waals surface area contributed by atoms with E-state index < -0.39 is 0 Å². The lowest BCUT2D eigenvalue weighted by molar-refractivity contribution is 0.0935. The number of amides is 1. The van der Waals surface area contributed by atoms with E-state index in [4.69, 9.17) is 5.73 Å². The highest BCUT2D eigenvalue weighted by atomic mass is 32.1. The zero-order valence-electron chi connectivity index (χ0n) is 10.4. The van der Waals surface area contributed by atoms with Crippen molar-refractivity contribution in [2.45, 2.75) is 19.5 Å². The van der Waals surface area contributed by atoms with Crippen LogP contribution in [0.3, 0.4) is 0 Å². The molecule has 0 saturated carbocycles. The lowest BCUT2D eigenvalue weighted by Gasteiger charge is -2.13. The van der Waals surface area contributed by atoms with Crippen LogP contribution in [0.1, 0.15) is 34.0 Å². The second-order valence-electron chi connectivity index (χ2n) is 4.08. The van der Waals surface area contributed by atoms with Crippen molar-refractivity contribution < 1.29 is 9.18 Å². The molecule has 1 heterocycles. The number of benzene rings is 1. The molecule has 100 valence electrons. The van der Waals surface area contributed by atoms with Gasteiger partial charge in [-0.05, 0) is 24.6 Å². The third-order valence-electron chi connectivity index (χ3n) is 2.66. The van der Waals surface area contributed by atoms with E-state index in [1.165, 1.54) is 23.5 Å². The Morgan fingerprint density at radius 2 is 2.37 bits per heavy atom. The molecular formula is C13H14FN3OS. The highest BCUT2D eigenvalue weighted by Crippen LogP contribution is 2.15. The Balaban J connectivity index is 2.06. The van der Waals surface area contributed by atoms with Crippen molar-refractivity contribution in [1.82, 2.24) is 10.3 Å². The number of thiazole rings is 1. The van der Waals surface area contributed by atoms with Crippen LogP contribution in [0.15, 0.2) is 29.6 Å². The van der Waals surface area contributed by atoms with Crippen LogP contribution in [0.25, 0.3) is 0 Å². The van der Waals surface area contributed by atoms with Gasteiger partial charge in [-0.2, -0.15) is 0 Å². The van der Waals surface area contributed by atoms with Gasteiger partial charge in [0.1, 0.15) is 16.5 Å². The molecule has 1 amide bonds. The Kier molecular flexibility index (Phi) is 4.24. The number of rotatable bonds is 4. The fourth-order valence-corrected chi connectivity index (χ4v) is 2.29. The summed E-state index contributed by atoms with van der Waals surface area (Å²) in [6, 6.07) is 5.86. The van der Waals surface area contributed by atoms with E-state index in [1.807, 2.05) is 0 Å². The molecule has 0 unspecified atom stereocenters. The van der Waals surface area contributed by atoms with E-state index in [1.54, 1.807) is 24.4 Å². The number of hydrogen-bond acceptors (Lipinski definition) is 4. The average Bonchev–Trinajstić information content (AvgIpc) is 2.87. The van der Waals surface area contributed by atoms with E-state index in [0.717, 1.165) is 0 Å². The Morgan fingerprint density at radius 1 is 1.58 bits per heavy atom.